The first-order chi connectivity index (χ1) is 10.1. The molecular formula is C14H25N5O2. The van der Waals surface area contributed by atoms with Gasteiger partial charge >= 0.3 is 6.09 Å². The zero-order valence-corrected chi connectivity index (χ0v) is 13.3. The predicted molar refractivity (Wildman–Crippen MR) is 81.5 cm³/mol. The Morgan fingerprint density at radius 2 is 2.29 bits per heavy atom. The van der Waals surface area contributed by atoms with E-state index < -0.39 is 0 Å². The lowest BCUT2D eigenvalue weighted by Gasteiger charge is -2.21. The highest BCUT2D eigenvalue weighted by Gasteiger charge is 2.28. The molecule has 1 aromatic rings. The molecule has 0 saturated carbocycles. The lowest BCUT2D eigenvalue weighted by atomic mass is 10.2. The van der Waals surface area contributed by atoms with Gasteiger partial charge in [-0.05, 0) is 19.9 Å². The van der Waals surface area contributed by atoms with Crippen LogP contribution in [-0.4, -0.2) is 48.7 Å². The van der Waals surface area contributed by atoms with Crippen LogP contribution in [0.1, 0.15) is 24.6 Å². The third-order valence-corrected chi connectivity index (χ3v) is 3.86. The first-order valence-electron chi connectivity index (χ1n) is 7.39. The van der Waals surface area contributed by atoms with E-state index in [1.807, 2.05) is 18.7 Å². The van der Waals surface area contributed by atoms with Gasteiger partial charge in [0.25, 0.3) is 0 Å². The second-order valence-electron chi connectivity index (χ2n) is 5.36. The van der Waals surface area contributed by atoms with Gasteiger partial charge in [0.15, 0.2) is 0 Å². The largest absolute Gasteiger partial charge is 0.453 e. The van der Waals surface area contributed by atoms with Gasteiger partial charge in [-0.3, -0.25) is 4.68 Å². The van der Waals surface area contributed by atoms with Gasteiger partial charge in [-0.25, -0.2) is 4.79 Å². The molecule has 1 aromatic heterocycles. The van der Waals surface area contributed by atoms with Crippen molar-refractivity contribution in [3.05, 3.63) is 11.3 Å². The fourth-order valence-electron chi connectivity index (χ4n) is 2.84. The van der Waals surface area contributed by atoms with E-state index in [1.54, 1.807) is 0 Å². The summed E-state index contributed by atoms with van der Waals surface area (Å²) in [6.07, 6.45) is 0.552. The molecule has 7 nitrogen and oxygen atoms in total. The van der Waals surface area contributed by atoms with Gasteiger partial charge in [0.2, 0.25) is 0 Å². The summed E-state index contributed by atoms with van der Waals surface area (Å²) >= 11 is 0. The number of carbonyl (C=O) groups is 1. The Hall–Kier alpha value is -1.76. The Morgan fingerprint density at radius 3 is 2.95 bits per heavy atom. The number of rotatable bonds is 5. The number of nitrogens with one attached hydrogen (secondary N) is 2. The van der Waals surface area contributed by atoms with Gasteiger partial charge in [-0.1, -0.05) is 6.92 Å². The van der Waals surface area contributed by atoms with Gasteiger partial charge in [-0.2, -0.15) is 5.10 Å². The number of alkyl carbamates (subject to hydrolysis) is 1. The molecule has 118 valence electrons. The van der Waals surface area contributed by atoms with Crippen molar-refractivity contribution in [1.29, 1.82) is 0 Å². The van der Waals surface area contributed by atoms with Gasteiger partial charge in [0.1, 0.15) is 5.82 Å². The number of aryl methyl sites for hydroxylation is 2. The number of anilines is 1. The Morgan fingerprint density at radius 1 is 1.52 bits per heavy atom. The van der Waals surface area contributed by atoms with Crippen LogP contribution in [0.4, 0.5) is 10.6 Å². The lowest BCUT2D eigenvalue weighted by Crippen LogP contribution is -2.37. The smallest absolute Gasteiger partial charge is 0.407 e. The van der Waals surface area contributed by atoms with Crippen LogP contribution in [0.15, 0.2) is 0 Å². The molecule has 7 heteroatoms. The number of amides is 1. The Balaban J connectivity index is 2.10. The van der Waals surface area contributed by atoms with E-state index in [0.29, 0.717) is 0 Å². The summed E-state index contributed by atoms with van der Waals surface area (Å²) in [6.45, 7) is 7.57. The van der Waals surface area contributed by atoms with Crippen molar-refractivity contribution in [2.45, 2.75) is 32.9 Å². The van der Waals surface area contributed by atoms with Crippen LogP contribution >= 0.6 is 0 Å². The zero-order valence-electron chi connectivity index (χ0n) is 13.3. The average Bonchev–Trinajstić information content (AvgIpc) is 3.00. The number of methoxy groups -OCH3 is 1. The van der Waals surface area contributed by atoms with E-state index in [2.05, 4.69) is 32.3 Å². The number of aromatic nitrogens is 2. The minimum atomic E-state index is -0.365. The van der Waals surface area contributed by atoms with Crippen molar-refractivity contribution < 1.29 is 9.53 Å². The number of hydrogen-bond acceptors (Lipinski definition) is 5. The zero-order chi connectivity index (χ0) is 15.4. The molecule has 0 aromatic carbocycles. The van der Waals surface area contributed by atoms with Gasteiger partial charge < -0.3 is 20.3 Å². The van der Waals surface area contributed by atoms with Gasteiger partial charge in [0, 0.05) is 32.2 Å². The van der Waals surface area contributed by atoms with Crippen LogP contribution in [0.3, 0.4) is 0 Å². The second kappa shape index (κ2) is 6.80. The second-order valence-corrected chi connectivity index (χ2v) is 5.36. The molecular weight excluding hydrogens is 270 g/mol. The van der Waals surface area contributed by atoms with Crippen molar-refractivity contribution in [2.75, 3.05) is 31.6 Å². The van der Waals surface area contributed by atoms with Crippen LogP contribution in [0.25, 0.3) is 0 Å². The van der Waals surface area contributed by atoms with Crippen LogP contribution in [-0.2, 0) is 18.3 Å². The van der Waals surface area contributed by atoms with E-state index >= 15 is 0 Å². The molecule has 2 N–H and O–H groups in total. The maximum Gasteiger partial charge on any atom is 0.407 e. The van der Waals surface area contributed by atoms with E-state index in [0.717, 1.165) is 44.1 Å². The molecule has 1 amide bonds. The maximum atomic E-state index is 11.3. The SMILES string of the molecule is CCNCc1c(C)nn(C)c1N1CCC(NC(=O)OC)C1. The van der Waals surface area contributed by atoms with Crippen molar-refractivity contribution in [3.8, 4) is 0 Å². The Labute approximate surface area is 125 Å². The highest BCUT2D eigenvalue weighted by molar-refractivity contribution is 5.67. The van der Waals surface area contributed by atoms with Crippen LogP contribution < -0.4 is 15.5 Å². The highest BCUT2D eigenvalue weighted by Crippen LogP contribution is 2.26. The average molecular weight is 295 g/mol. The molecule has 1 saturated heterocycles. The first kappa shape index (κ1) is 15.6. The molecule has 1 aliphatic rings. The maximum absolute atomic E-state index is 11.3. The van der Waals surface area contributed by atoms with Crippen LogP contribution in [0, 0.1) is 6.92 Å². The predicted octanol–water partition coefficient (Wildman–Crippen LogP) is 0.773. The minimum absolute atomic E-state index is 0.125. The summed E-state index contributed by atoms with van der Waals surface area (Å²) in [7, 11) is 3.36. The normalized spacial score (nSPS) is 18.1. The van der Waals surface area contributed by atoms with E-state index in [1.165, 1.54) is 12.7 Å². The van der Waals surface area contributed by atoms with Gasteiger partial charge in [0.05, 0.1) is 18.8 Å². The highest BCUT2D eigenvalue weighted by atomic mass is 16.5. The van der Waals surface area contributed by atoms with Crippen molar-refractivity contribution in [1.82, 2.24) is 20.4 Å². The molecule has 1 unspecified atom stereocenters. The molecule has 2 heterocycles. The van der Waals surface area contributed by atoms with Crippen molar-refractivity contribution in [3.63, 3.8) is 0 Å². The molecule has 21 heavy (non-hydrogen) atoms. The fraction of sp³-hybridized carbons (Fsp3) is 0.714. The molecule has 0 spiro atoms. The van der Waals surface area contributed by atoms with Crippen LogP contribution in [0.5, 0.6) is 0 Å². The molecule has 0 aliphatic carbocycles. The molecule has 0 radical (unpaired) electrons. The number of nitrogens with zero attached hydrogens (tertiary/aromatic N) is 3. The number of hydrogen-bond donors (Lipinski definition) is 2. The van der Waals surface area contributed by atoms with Gasteiger partial charge in [-0.15, -0.1) is 0 Å². The monoisotopic (exact) mass is 295 g/mol. The summed E-state index contributed by atoms with van der Waals surface area (Å²) in [6, 6.07) is 0.125. The summed E-state index contributed by atoms with van der Waals surface area (Å²) in [5.41, 5.74) is 2.29. The Kier molecular flexibility index (Phi) is 5.06. The number of ether oxygens (including phenoxy) is 1. The summed E-state index contributed by atoms with van der Waals surface area (Å²) in [4.78, 5) is 13.6. The summed E-state index contributed by atoms with van der Waals surface area (Å²) in [5.74, 6) is 1.14. The first-order valence-corrected chi connectivity index (χ1v) is 7.39. The molecule has 1 atom stereocenters. The van der Waals surface area contributed by atoms with E-state index in [-0.39, 0.29) is 12.1 Å². The third kappa shape index (κ3) is 3.47. The molecule has 2 rings (SSSR count). The summed E-state index contributed by atoms with van der Waals surface area (Å²) in [5, 5.41) is 10.8. The lowest BCUT2D eigenvalue weighted by molar-refractivity contribution is 0.167. The quantitative estimate of drug-likeness (QED) is 0.839. The number of carbonyl (C=O) groups excluding carboxylic acids is 1. The van der Waals surface area contributed by atoms with Crippen LogP contribution in [0.2, 0.25) is 0 Å². The van der Waals surface area contributed by atoms with Crippen molar-refractivity contribution >= 4 is 11.9 Å². The molecule has 1 aliphatic heterocycles. The topological polar surface area (TPSA) is 71.4 Å². The van der Waals surface area contributed by atoms with E-state index in [9.17, 15) is 4.79 Å². The molecule has 0 bridgehead atoms. The van der Waals surface area contributed by atoms with Crippen molar-refractivity contribution in [2.24, 2.45) is 7.05 Å². The third-order valence-electron chi connectivity index (χ3n) is 3.86. The fourth-order valence-corrected chi connectivity index (χ4v) is 2.84. The minimum Gasteiger partial charge on any atom is -0.453 e. The Bertz CT molecular complexity index is 500. The van der Waals surface area contributed by atoms with E-state index in [4.69, 9.17) is 0 Å². The summed E-state index contributed by atoms with van der Waals surface area (Å²) < 4.78 is 6.59. The standard InChI is InChI=1S/C14H25N5O2/c1-5-15-8-12-10(2)17-18(3)13(12)19-7-6-11(9-19)16-14(20)21-4/h11,15H,5-9H2,1-4H3,(H,16,20). The molecule has 1 fully saturated rings.